The van der Waals surface area contributed by atoms with Crippen LogP contribution < -0.4 is 9.64 Å². The highest BCUT2D eigenvalue weighted by atomic mass is 19.1. The lowest BCUT2D eigenvalue weighted by atomic mass is 9.93. The molecule has 30 heavy (non-hydrogen) atoms. The third-order valence-electron chi connectivity index (χ3n) is 5.17. The summed E-state index contributed by atoms with van der Waals surface area (Å²) in [7, 11) is 1.61. The molecule has 0 spiro atoms. The number of aromatic nitrogens is 1. The Labute approximate surface area is 174 Å². The van der Waals surface area contributed by atoms with Gasteiger partial charge in [0.15, 0.2) is 0 Å². The molecule has 0 saturated carbocycles. The van der Waals surface area contributed by atoms with Crippen molar-refractivity contribution in [3.63, 3.8) is 0 Å². The minimum atomic E-state index is -0.840. The summed E-state index contributed by atoms with van der Waals surface area (Å²) < 4.78 is 40.2. The topological polar surface area (TPSA) is 71.9 Å². The molecule has 2 heterocycles. The number of carboxylic acids is 1. The Morgan fingerprint density at radius 3 is 2.53 bits per heavy atom. The monoisotopic (exact) mass is 420 g/mol. The van der Waals surface area contributed by atoms with Crippen molar-refractivity contribution in [1.82, 2.24) is 4.98 Å². The first kappa shape index (κ1) is 22.0. The first-order chi connectivity index (χ1) is 14.5. The Kier molecular flexibility index (Phi) is 7.57. The SMILES string of the molecule is COCCCOc1cccc(-c2cc(F)c(N3CCC(CC(=O)O)CC3)c(F)c2)n1. The quantitative estimate of drug-likeness (QED) is 0.615. The largest absolute Gasteiger partial charge is 0.481 e. The second-order valence-electron chi connectivity index (χ2n) is 7.37. The van der Waals surface area contributed by atoms with Gasteiger partial charge in [-0.05, 0) is 37.0 Å². The lowest BCUT2D eigenvalue weighted by molar-refractivity contribution is -0.138. The highest BCUT2D eigenvalue weighted by molar-refractivity contribution is 5.67. The van der Waals surface area contributed by atoms with Crippen molar-refractivity contribution in [3.8, 4) is 17.1 Å². The summed E-state index contributed by atoms with van der Waals surface area (Å²) in [5.41, 5.74) is 0.681. The summed E-state index contributed by atoms with van der Waals surface area (Å²) in [6.45, 7) is 1.86. The van der Waals surface area contributed by atoms with Crippen LogP contribution in [0, 0.1) is 17.6 Å². The molecule has 1 aliphatic heterocycles. The number of ether oxygens (including phenoxy) is 2. The molecule has 3 rings (SSSR count). The van der Waals surface area contributed by atoms with Crippen molar-refractivity contribution in [2.45, 2.75) is 25.7 Å². The van der Waals surface area contributed by atoms with Crippen molar-refractivity contribution >= 4 is 11.7 Å². The molecule has 0 radical (unpaired) electrons. The summed E-state index contributed by atoms with van der Waals surface area (Å²) in [5.74, 6) is -1.73. The highest BCUT2D eigenvalue weighted by Crippen LogP contribution is 2.33. The maximum absolute atomic E-state index is 14.8. The van der Waals surface area contributed by atoms with E-state index >= 15 is 0 Å². The normalized spacial score (nSPS) is 14.7. The van der Waals surface area contributed by atoms with E-state index in [4.69, 9.17) is 14.6 Å². The molecule has 0 unspecified atom stereocenters. The number of carboxylic acid groups (broad SMARTS) is 1. The summed E-state index contributed by atoms with van der Waals surface area (Å²) in [4.78, 5) is 16.8. The van der Waals surface area contributed by atoms with Gasteiger partial charge in [-0.1, -0.05) is 6.07 Å². The number of rotatable bonds is 9. The van der Waals surface area contributed by atoms with Gasteiger partial charge in [0, 0.05) is 51.3 Å². The number of anilines is 1. The average molecular weight is 420 g/mol. The van der Waals surface area contributed by atoms with Crippen molar-refractivity contribution in [2.24, 2.45) is 5.92 Å². The van der Waals surface area contributed by atoms with Crippen LogP contribution in [-0.4, -0.2) is 49.5 Å². The number of halogens is 2. The predicted molar refractivity (Wildman–Crippen MR) is 109 cm³/mol. The zero-order chi connectivity index (χ0) is 21.5. The molecule has 1 N–H and O–H groups in total. The number of aliphatic carboxylic acids is 1. The van der Waals surface area contributed by atoms with E-state index in [9.17, 15) is 13.6 Å². The van der Waals surface area contributed by atoms with Gasteiger partial charge in [0.05, 0.1) is 12.3 Å². The molecule has 1 saturated heterocycles. The van der Waals surface area contributed by atoms with Gasteiger partial charge in [-0.3, -0.25) is 4.79 Å². The molecule has 8 heteroatoms. The minimum absolute atomic E-state index is 0.0416. The van der Waals surface area contributed by atoms with Gasteiger partial charge in [0.2, 0.25) is 5.88 Å². The Bertz CT molecular complexity index is 847. The van der Waals surface area contributed by atoms with E-state index in [-0.39, 0.29) is 18.0 Å². The van der Waals surface area contributed by atoms with E-state index in [0.29, 0.717) is 62.7 Å². The fourth-order valence-corrected chi connectivity index (χ4v) is 3.66. The molecular formula is C22H26F2N2O4. The van der Waals surface area contributed by atoms with Gasteiger partial charge in [0.1, 0.15) is 17.3 Å². The number of benzene rings is 1. The van der Waals surface area contributed by atoms with Gasteiger partial charge in [-0.15, -0.1) is 0 Å². The lowest BCUT2D eigenvalue weighted by Crippen LogP contribution is -2.35. The number of carbonyl (C=O) groups is 1. The van der Waals surface area contributed by atoms with Crippen molar-refractivity contribution in [2.75, 3.05) is 38.3 Å². The van der Waals surface area contributed by atoms with E-state index in [0.717, 1.165) is 0 Å². The number of hydrogen-bond acceptors (Lipinski definition) is 5. The highest BCUT2D eigenvalue weighted by Gasteiger charge is 2.25. The van der Waals surface area contributed by atoms with Crippen LogP contribution in [0.5, 0.6) is 5.88 Å². The van der Waals surface area contributed by atoms with Crippen LogP contribution in [-0.2, 0) is 9.53 Å². The molecule has 1 aromatic heterocycles. The summed E-state index contributed by atoms with van der Waals surface area (Å²) in [6, 6.07) is 7.65. The molecule has 1 aliphatic rings. The second-order valence-corrected chi connectivity index (χ2v) is 7.37. The van der Waals surface area contributed by atoms with E-state index in [2.05, 4.69) is 4.98 Å². The van der Waals surface area contributed by atoms with Gasteiger partial charge >= 0.3 is 5.97 Å². The van der Waals surface area contributed by atoms with Crippen molar-refractivity contribution in [3.05, 3.63) is 42.0 Å². The third kappa shape index (κ3) is 5.66. The molecular weight excluding hydrogens is 394 g/mol. The van der Waals surface area contributed by atoms with Gasteiger partial charge in [-0.2, -0.15) is 0 Å². The number of hydrogen-bond donors (Lipinski definition) is 1. The van der Waals surface area contributed by atoms with Crippen LogP contribution in [0.1, 0.15) is 25.7 Å². The van der Waals surface area contributed by atoms with Crippen molar-refractivity contribution < 1.29 is 28.2 Å². The molecule has 2 aromatic rings. The maximum Gasteiger partial charge on any atom is 0.303 e. The zero-order valence-electron chi connectivity index (χ0n) is 16.9. The first-order valence-electron chi connectivity index (χ1n) is 10.0. The van der Waals surface area contributed by atoms with Crippen LogP contribution >= 0.6 is 0 Å². The molecule has 0 amide bonds. The number of methoxy groups -OCH3 is 1. The number of piperidine rings is 1. The van der Waals surface area contributed by atoms with Gasteiger partial charge in [0.25, 0.3) is 0 Å². The van der Waals surface area contributed by atoms with Crippen LogP contribution in [0.2, 0.25) is 0 Å². The Morgan fingerprint density at radius 1 is 1.20 bits per heavy atom. The van der Waals surface area contributed by atoms with Crippen LogP contribution in [0.4, 0.5) is 14.5 Å². The predicted octanol–water partition coefficient (Wildman–Crippen LogP) is 4.13. The van der Waals surface area contributed by atoms with E-state index in [1.807, 2.05) is 0 Å². The maximum atomic E-state index is 14.8. The van der Waals surface area contributed by atoms with E-state index < -0.39 is 17.6 Å². The minimum Gasteiger partial charge on any atom is -0.481 e. The molecule has 0 aliphatic carbocycles. The molecule has 162 valence electrons. The average Bonchev–Trinajstić information content (AvgIpc) is 2.72. The number of pyridine rings is 1. The molecule has 0 atom stereocenters. The lowest BCUT2D eigenvalue weighted by Gasteiger charge is -2.33. The Hall–Kier alpha value is -2.74. The molecule has 6 nitrogen and oxygen atoms in total. The van der Waals surface area contributed by atoms with E-state index in [1.54, 1.807) is 30.2 Å². The van der Waals surface area contributed by atoms with Crippen LogP contribution in [0.15, 0.2) is 30.3 Å². The Balaban J connectivity index is 1.71. The first-order valence-corrected chi connectivity index (χ1v) is 10.0. The Morgan fingerprint density at radius 2 is 1.90 bits per heavy atom. The summed E-state index contributed by atoms with van der Waals surface area (Å²) in [6.07, 6.45) is 1.99. The van der Waals surface area contributed by atoms with Crippen LogP contribution in [0.25, 0.3) is 11.3 Å². The molecule has 1 fully saturated rings. The molecule has 1 aromatic carbocycles. The standard InChI is InChI=1S/C22H26F2N2O4/c1-29-10-3-11-30-20-5-2-4-19(25-20)16-13-17(23)22(18(24)14-16)26-8-6-15(7-9-26)12-21(27)28/h2,4-5,13-15H,3,6-12H2,1H3,(H,27,28). The molecule has 0 bridgehead atoms. The van der Waals surface area contributed by atoms with E-state index in [1.165, 1.54) is 12.1 Å². The van der Waals surface area contributed by atoms with Crippen LogP contribution in [0.3, 0.4) is 0 Å². The second kappa shape index (κ2) is 10.3. The smallest absolute Gasteiger partial charge is 0.303 e. The zero-order valence-corrected chi connectivity index (χ0v) is 16.9. The summed E-state index contributed by atoms with van der Waals surface area (Å²) >= 11 is 0. The van der Waals surface area contributed by atoms with Gasteiger partial charge < -0.3 is 19.5 Å². The third-order valence-corrected chi connectivity index (χ3v) is 5.17. The number of nitrogens with zero attached hydrogens (tertiary/aromatic N) is 2. The van der Waals surface area contributed by atoms with Crippen molar-refractivity contribution in [1.29, 1.82) is 0 Å². The van der Waals surface area contributed by atoms with Gasteiger partial charge in [-0.25, -0.2) is 13.8 Å². The fourth-order valence-electron chi connectivity index (χ4n) is 3.66. The summed E-state index contributed by atoms with van der Waals surface area (Å²) in [5, 5.41) is 8.91. The fraction of sp³-hybridized carbons (Fsp3) is 0.455.